The Morgan fingerprint density at radius 3 is 2.44 bits per heavy atom. The largest absolute Gasteiger partial charge is 0.316 e. The van der Waals surface area contributed by atoms with E-state index in [4.69, 9.17) is 0 Å². The first-order valence-electron chi connectivity index (χ1n) is 6.07. The highest BCUT2D eigenvalue weighted by Gasteiger charge is 2.06. The SMILES string of the molecule is C=CCN(CC=C)Cc1ccc(CNC)cc1Br. The minimum Gasteiger partial charge on any atom is -0.316 e. The Morgan fingerprint density at radius 2 is 1.94 bits per heavy atom. The molecule has 0 saturated carbocycles. The van der Waals surface area contributed by atoms with Crippen molar-refractivity contribution >= 4 is 15.9 Å². The van der Waals surface area contributed by atoms with Gasteiger partial charge in [-0.15, -0.1) is 13.2 Å². The van der Waals surface area contributed by atoms with Crippen LogP contribution in [0.1, 0.15) is 11.1 Å². The summed E-state index contributed by atoms with van der Waals surface area (Å²) in [7, 11) is 1.96. The van der Waals surface area contributed by atoms with Crippen molar-refractivity contribution in [3.63, 3.8) is 0 Å². The lowest BCUT2D eigenvalue weighted by atomic mass is 10.1. The molecule has 0 aromatic heterocycles. The maximum Gasteiger partial charge on any atom is 0.0251 e. The van der Waals surface area contributed by atoms with E-state index >= 15 is 0 Å². The first-order valence-corrected chi connectivity index (χ1v) is 6.86. The number of nitrogens with zero attached hydrogens (tertiary/aromatic N) is 1. The molecule has 0 fully saturated rings. The Morgan fingerprint density at radius 1 is 1.28 bits per heavy atom. The van der Waals surface area contributed by atoms with Gasteiger partial charge >= 0.3 is 0 Å². The standard InChI is InChI=1S/C15H21BrN2/c1-4-8-18(9-5-2)12-14-7-6-13(11-17-3)10-15(14)16/h4-7,10,17H,1-2,8-9,11-12H2,3H3. The zero-order chi connectivity index (χ0) is 13.4. The molecular formula is C15H21BrN2. The molecule has 0 aliphatic heterocycles. The van der Waals surface area contributed by atoms with Crippen LogP contribution in [0, 0.1) is 0 Å². The normalized spacial score (nSPS) is 10.6. The number of rotatable bonds is 8. The van der Waals surface area contributed by atoms with Gasteiger partial charge in [-0.3, -0.25) is 4.90 Å². The van der Waals surface area contributed by atoms with Crippen LogP contribution < -0.4 is 5.32 Å². The molecule has 0 unspecified atom stereocenters. The molecule has 0 aliphatic rings. The molecular weight excluding hydrogens is 288 g/mol. The lowest BCUT2D eigenvalue weighted by Crippen LogP contribution is -2.23. The molecule has 2 nitrogen and oxygen atoms in total. The van der Waals surface area contributed by atoms with E-state index in [0.29, 0.717) is 0 Å². The fourth-order valence-corrected chi connectivity index (χ4v) is 2.39. The summed E-state index contributed by atoms with van der Waals surface area (Å²) in [6.45, 7) is 11.1. The van der Waals surface area contributed by atoms with Gasteiger partial charge in [-0.05, 0) is 24.2 Å². The summed E-state index contributed by atoms with van der Waals surface area (Å²) >= 11 is 3.64. The number of nitrogens with one attached hydrogen (secondary N) is 1. The topological polar surface area (TPSA) is 15.3 Å². The van der Waals surface area contributed by atoms with Gasteiger partial charge in [-0.2, -0.15) is 0 Å². The number of halogens is 1. The molecule has 0 amide bonds. The van der Waals surface area contributed by atoms with Crippen LogP contribution in [-0.4, -0.2) is 25.0 Å². The van der Waals surface area contributed by atoms with E-state index in [1.165, 1.54) is 11.1 Å². The summed E-state index contributed by atoms with van der Waals surface area (Å²) < 4.78 is 1.16. The van der Waals surface area contributed by atoms with Crippen LogP contribution in [0.5, 0.6) is 0 Å². The number of benzene rings is 1. The maximum atomic E-state index is 3.79. The molecule has 0 spiro atoms. The average Bonchev–Trinajstić information content (AvgIpc) is 2.33. The predicted molar refractivity (Wildman–Crippen MR) is 82.6 cm³/mol. The monoisotopic (exact) mass is 308 g/mol. The van der Waals surface area contributed by atoms with E-state index in [0.717, 1.165) is 30.7 Å². The van der Waals surface area contributed by atoms with Crippen LogP contribution in [0.2, 0.25) is 0 Å². The van der Waals surface area contributed by atoms with Crippen LogP contribution in [0.4, 0.5) is 0 Å². The molecule has 0 aliphatic carbocycles. The first kappa shape index (κ1) is 15.2. The minimum absolute atomic E-state index is 0.872. The fraction of sp³-hybridized carbons (Fsp3) is 0.333. The van der Waals surface area contributed by atoms with E-state index in [1.54, 1.807) is 0 Å². The van der Waals surface area contributed by atoms with Crippen molar-refractivity contribution < 1.29 is 0 Å². The molecule has 18 heavy (non-hydrogen) atoms. The van der Waals surface area contributed by atoms with Crippen LogP contribution in [-0.2, 0) is 13.1 Å². The Labute approximate surface area is 119 Å². The van der Waals surface area contributed by atoms with Crippen LogP contribution >= 0.6 is 15.9 Å². The van der Waals surface area contributed by atoms with Crippen molar-refractivity contribution in [2.24, 2.45) is 0 Å². The van der Waals surface area contributed by atoms with Crippen molar-refractivity contribution in [3.05, 3.63) is 59.1 Å². The van der Waals surface area contributed by atoms with Crippen molar-refractivity contribution in [1.82, 2.24) is 10.2 Å². The summed E-state index contributed by atoms with van der Waals surface area (Å²) in [5.41, 5.74) is 2.57. The van der Waals surface area contributed by atoms with Crippen molar-refractivity contribution in [1.29, 1.82) is 0 Å². The highest BCUT2D eigenvalue weighted by Crippen LogP contribution is 2.20. The fourth-order valence-electron chi connectivity index (χ4n) is 1.84. The van der Waals surface area contributed by atoms with Crippen LogP contribution in [0.25, 0.3) is 0 Å². The predicted octanol–water partition coefficient (Wildman–Crippen LogP) is 3.34. The minimum atomic E-state index is 0.872. The van der Waals surface area contributed by atoms with E-state index in [9.17, 15) is 0 Å². The van der Waals surface area contributed by atoms with Gasteiger partial charge in [0.05, 0.1) is 0 Å². The molecule has 3 heteroatoms. The molecule has 0 atom stereocenters. The second kappa shape index (κ2) is 8.25. The number of hydrogen-bond acceptors (Lipinski definition) is 2. The smallest absolute Gasteiger partial charge is 0.0251 e. The summed E-state index contributed by atoms with van der Waals surface area (Å²) in [5, 5.41) is 3.15. The number of hydrogen-bond donors (Lipinski definition) is 1. The lowest BCUT2D eigenvalue weighted by Gasteiger charge is -2.19. The molecule has 1 aromatic rings. The van der Waals surface area contributed by atoms with Gasteiger partial charge in [0.1, 0.15) is 0 Å². The summed E-state index contributed by atoms with van der Waals surface area (Å²) in [6.07, 6.45) is 3.85. The molecule has 0 radical (unpaired) electrons. The molecule has 1 N–H and O–H groups in total. The van der Waals surface area contributed by atoms with Crippen molar-refractivity contribution in [2.45, 2.75) is 13.1 Å². The second-order valence-corrected chi connectivity index (χ2v) is 5.08. The van der Waals surface area contributed by atoms with Gasteiger partial charge in [0.15, 0.2) is 0 Å². The van der Waals surface area contributed by atoms with Crippen molar-refractivity contribution in [3.8, 4) is 0 Å². The Bertz CT molecular complexity index is 391. The quantitative estimate of drug-likeness (QED) is 0.741. The lowest BCUT2D eigenvalue weighted by molar-refractivity contribution is 0.327. The highest BCUT2D eigenvalue weighted by molar-refractivity contribution is 9.10. The van der Waals surface area contributed by atoms with Gasteiger partial charge in [0, 0.05) is 30.7 Å². The van der Waals surface area contributed by atoms with Crippen LogP contribution in [0.3, 0.4) is 0 Å². The Balaban J connectivity index is 2.75. The van der Waals surface area contributed by atoms with Gasteiger partial charge in [0.25, 0.3) is 0 Å². The van der Waals surface area contributed by atoms with Gasteiger partial charge in [-0.25, -0.2) is 0 Å². The Kier molecular flexibility index (Phi) is 6.94. The summed E-state index contributed by atoms with van der Waals surface area (Å²) in [5.74, 6) is 0. The zero-order valence-corrected chi connectivity index (χ0v) is 12.5. The first-order chi connectivity index (χ1) is 8.71. The third-order valence-electron chi connectivity index (χ3n) is 2.67. The molecule has 98 valence electrons. The summed E-state index contributed by atoms with van der Waals surface area (Å²) in [4.78, 5) is 2.29. The third-order valence-corrected chi connectivity index (χ3v) is 3.41. The van der Waals surface area contributed by atoms with E-state index in [1.807, 2.05) is 19.2 Å². The average molecular weight is 309 g/mol. The van der Waals surface area contributed by atoms with Gasteiger partial charge in [-0.1, -0.05) is 40.2 Å². The summed E-state index contributed by atoms with van der Waals surface area (Å²) in [6, 6.07) is 6.51. The van der Waals surface area contributed by atoms with Gasteiger partial charge < -0.3 is 5.32 Å². The molecule has 0 saturated heterocycles. The van der Waals surface area contributed by atoms with Crippen LogP contribution in [0.15, 0.2) is 48.0 Å². The zero-order valence-electron chi connectivity index (χ0n) is 11.0. The third kappa shape index (κ3) is 4.77. The molecule has 1 rings (SSSR count). The maximum absolute atomic E-state index is 3.79. The molecule has 0 bridgehead atoms. The Hall–Kier alpha value is -0.900. The van der Waals surface area contributed by atoms with E-state index in [-0.39, 0.29) is 0 Å². The van der Waals surface area contributed by atoms with E-state index < -0.39 is 0 Å². The second-order valence-electron chi connectivity index (χ2n) is 4.23. The van der Waals surface area contributed by atoms with E-state index in [2.05, 4.69) is 57.5 Å². The van der Waals surface area contributed by atoms with Gasteiger partial charge in [0.2, 0.25) is 0 Å². The molecule has 1 aromatic carbocycles. The molecule has 0 heterocycles. The van der Waals surface area contributed by atoms with Crippen molar-refractivity contribution in [2.75, 3.05) is 20.1 Å². The highest BCUT2D eigenvalue weighted by atomic mass is 79.9.